The maximum Gasteiger partial charge on any atom is 0.162 e. The molecular weight excluding hydrogens is 364 g/mol. The monoisotopic (exact) mass is 386 g/mol. The summed E-state index contributed by atoms with van der Waals surface area (Å²) in [4.78, 5) is 6.29. The van der Waals surface area contributed by atoms with Crippen LogP contribution in [0.5, 0.6) is 0 Å². The minimum absolute atomic E-state index is 0.0591. The molecule has 0 fully saturated rings. The highest BCUT2D eigenvalue weighted by atomic mass is 35.5. The van der Waals surface area contributed by atoms with Crippen LogP contribution < -0.4 is 0 Å². The van der Waals surface area contributed by atoms with Gasteiger partial charge in [-0.1, -0.05) is 37.6 Å². The Kier molecular flexibility index (Phi) is 5.30. The zero-order valence-electron chi connectivity index (χ0n) is 16.0. The first-order valence-electron chi connectivity index (χ1n) is 8.83. The average molecular weight is 387 g/mol. The van der Waals surface area contributed by atoms with Gasteiger partial charge in [-0.25, -0.2) is 0 Å². The van der Waals surface area contributed by atoms with Gasteiger partial charge in [0.05, 0.1) is 5.71 Å². The maximum absolute atomic E-state index is 6.06. The number of nitrogens with zero attached hydrogens (tertiary/aromatic N) is 4. The molecular formula is C20H23ClN4S. The van der Waals surface area contributed by atoms with E-state index in [0.717, 1.165) is 32.9 Å². The van der Waals surface area contributed by atoms with Crippen molar-refractivity contribution < 1.29 is 0 Å². The number of hydrogen-bond acceptors (Lipinski definition) is 4. The molecule has 26 heavy (non-hydrogen) atoms. The minimum atomic E-state index is -0.0591. The topological polar surface area (TPSA) is 43.1 Å². The van der Waals surface area contributed by atoms with Gasteiger partial charge in [0.2, 0.25) is 0 Å². The lowest BCUT2D eigenvalue weighted by Crippen LogP contribution is -2.07. The fourth-order valence-electron chi connectivity index (χ4n) is 3.09. The predicted molar refractivity (Wildman–Crippen MR) is 110 cm³/mol. The van der Waals surface area contributed by atoms with Crippen LogP contribution in [-0.4, -0.2) is 20.5 Å². The molecule has 0 bridgehead atoms. The lowest BCUT2D eigenvalue weighted by molar-refractivity contribution is 0.724. The summed E-state index contributed by atoms with van der Waals surface area (Å²) < 4.78 is 2.15. The second-order valence-corrected chi connectivity index (χ2v) is 7.70. The molecule has 0 saturated carbocycles. The molecule has 0 saturated heterocycles. The highest BCUT2D eigenvalue weighted by molar-refractivity contribution is 7.15. The number of rotatable bonds is 1. The van der Waals surface area contributed by atoms with Gasteiger partial charge >= 0.3 is 0 Å². The Labute approximate surface area is 163 Å². The number of thiophene rings is 1. The first-order valence-corrected chi connectivity index (χ1v) is 10.0. The number of aliphatic imine (C=N–C) groups is 1. The SMILES string of the molecule is CC.Cc1sc2c(c1C)C(c1ccc(Cl)cc1)=NC(C)c1nnc(C)n1-2. The van der Waals surface area contributed by atoms with Crippen LogP contribution in [0.25, 0.3) is 5.00 Å². The van der Waals surface area contributed by atoms with E-state index >= 15 is 0 Å². The van der Waals surface area contributed by atoms with Crippen LogP contribution in [0.2, 0.25) is 5.02 Å². The number of halogens is 1. The molecule has 2 aromatic heterocycles. The van der Waals surface area contributed by atoms with Crippen molar-refractivity contribution in [2.75, 3.05) is 0 Å². The zero-order valence-corrected chi connectivity index (χ0v) is 17.5. The van der Waals surface area contributed by atoms with Gasteiger partial charge in [-0.2, -0.15) is 0 Å². The molecule has 6 heteroatoms. The fraction of sp³-hybridized carbons (Fsp3) is 0.350. The molecule has 0 N–H and O–H groups in total. The Morgan fingerprint density at radius 2 is 1.69 bits per heavy atom. The third-order valence-corrected chi connectivity index (χ3v) is 5.91. The molecule has 0 aliphatic carbocycles. The van der Waals surface area contributed by atoms with E-state index in [-0.39, 0.29) is 6.04 Å². The van der Waals surface area contributed by atoms with E-state index in [4.69, 9.17) is 16.6 Å². The summed E-state index contributed by atoms with van der Waals surface area (Å²) in [6.07, 6.45) is 0. The third kappa shape index (κ3) is 2.99. The second-order valence-electron chi connectivity index (χ2n) is 6.06. The summed E-state index contributed by atoms with van der Waals surface area (Å²) in [5.41, 5.74) is 4.51. The van der Waals surface area contributed by atoms with Crippen LogP contribution in [0.15, 0.2) is 29.3 Å². The first kappa shape index (κ1) is 18.8. The predicted octanol–water partition coefficient (Wildman–Crippen LogP) is 5.85. The third-order valence-electron chi connectivity index (χ3n) is 4.47. The number of hydrogen-bond donors (Lipinski definition) is 0. The second kappa shape index (κ2) is 7.33. The van der Waals surface area contributed by atoms with Crippen LogP contribution in [-0.2, 0) is 0 Å². The molecule has 136 valence electrons. The maximum atomic E-state index is 6.06. The Bertz CT molecular complexity index is 967. The standard InChI is InChI=1S/C18H17ClN4S.C2H6/c1-9-11(3)24-18-15(9)16(13-5-7-14(19)8-6-13)20-10(2)17-22-21-12(4)23(17)18;1-2/h5-8,10H,1-4H3;1-2H3. The van der Waals surface area contributed by atoms with Crippen LogP contribution in [0, 0.1) is 20.8 Å². The Morgan fingerprint density at radius 3 is 2.35 bits per heavy atom. The lowest BCUT2D eigenvalue weighted by Gasteiger charge is -2.09. The summed E-state index contributed by atoms with van der Waals surface area (Å²) in [6, 6.07) is 7.83. The van der Waals surface area contributed by atoms with Gasteiger partial charge in [0, 0.05) is 21.0 Å². The average Bonchev–Trinajstić information content (AvgIpc) is 3.12. The van der Waals surface area contributed by atoms with Gasteiger partial charge in [0.15, 0.2) is 5.82 Å². The highest BCUT2D eigenvalue weighted by Gasteiger charge is 2.29. The molecule has 4 rings (SSSR count). The van der Waals surface area contributed by atoms with Crippen molar-refractivity contribution in [2.24, 2.45) is 4.99 Å². The van der Waals surface area contributed by atoms with E-state index in [2.05, 4.69) is 35.5 Å². The van der Waals surface area contributed by atoms with E-state index in [0.29, 0.717) is 0 Å². The number of aryl methyl sites for hydroxylation is 2. The molecule has 1 aromatic carbocycles. The minimum Gasteiger partial charge on any atom is -0.273 e. The molecule has 1 atom stereocenters. The molecule has 3 aromatic rings. The first-order chi connectivity index (χ1) is 12.5. The molecule has 4 nitrogen and oxygen atoms in total. The Morgan fingerprint density at radius 1 is 1.04 bits per heavy atom. The zero-order chi connectivity index (χ0) is 19.0. The van der Waals surface area contributed by atoms with Crippen LogP contribution in [0.4, 0.5) is 0 Å². The van der Waals surface area contributed by atoms with Crippen molar-refractivity contribution in [2.45, 2.75) is 47.6 Å². The van der Waals surface area contributed by atoms with Crippen molar-refractivity contribution in [1.82, 2.24) is 14.8 Å². The Hall–Kier alpha value is -1.98. The van der Waals surface area contributed by atoms with E-state index in [1.807, 2.05) is 45.0 Å². The van der Waals surface area contributed by atoms with E-state index in [9.17, 15) is 0 Å². The molecule has 0 amide bonds. The number of aromatic nitrogens is 3. The van der Waals surface area contributed by atoms with Crippen LogP contribution in [0.1, 0.15) is 60.0 Å². The van der Waals surface area contributed by atoms with Crippen LogP contribution >= 0.6 is 22.9 Å². The summed E-state index contributed by atoms with van der Waals surface area (Å²) in [5.74, 6) is 1.78. The van der Waals surface area contributed by atoms with E-state index < -0.39 is 0 Å². The fourth-order valence-corrected chi connectivity index (χ4v) is 4.43. The van der Waals surface area contributed by atoms with Gasteiger partial charge in [-0.05, 0) is 45.4 Å². The van der Waals surface area contributed by atoms with Crippen molar-refractivity contribution in [3.63, 3.8) is 0 Å². The summed E-state index contributed by atoms with van der Waals surface area (Å²) in [7, 11) is 0. The van der Waals surface area contributed by atoms with Gasteiger partial charge in [-0.3, -0.25) is 9.56 Å². The van der Waals surface area contributed by atoms with Crippen LogP contribution in [0.3, 0.4) is 0 Å². The van der Waals surface area contributed by atoms with Crippen molar-refractivity contribution in [3.8, 4) is 5.00 Å². The van der Waals surface area contributed by atoms with Crippen molar-refractivity contribution in [3.05, 3.63) is 62.5 Å². The molecule has 1 aliphatic rings. The number of benzene rings is 1. The molecule has 0 radical (unpaired) electrons. The number of fused-ring (bicyclic) bond motifs is 3. The summed E-state index contributed by atoms with van der Waals surface area (Å²) >= 11 is 7.83. The summed E-state index contributed by atoms with van der Waals surface area (Å²) in [5, 5.41) is 10.5. The van der Waals surface area contributed by atoms with Crippen molar-refractivity contribution >= 4 is 28.6 Å². The summed E-state index contributed by atoms with van der Waals surface area (Å²) in [6.45, 7) is 12.4. The largest absolute Gasteiger partial charge is 0.273 e. The smallest absolute Gasteiger partial charge is 0.162 e. The van der Waals surface area contributed by atoms with Gasteiger partial charge in [-0.15, -0.1) is 21.5 Å². The molecule has 3 heterocycles. The van der Waals surface area contributed by atoms with Gasteiger partial charge < -0.3 is 0 Å². The molecule has 1 unspecified atom stereocenters. The quantitative estimate of drug-likeness (QED) is 0.526. The molecule has 0 spiro atoms. The Balaban J connectivity index is 0.000000948. The van der Waals surface area contributed by atoms with Gasteiger partial charge in [0.1, 0.15) is 16.9 Å². The van der Waals surface area contributed by atoms with E-state index in [1.54, 1.807) is 11.3 Å². The normalized spacial score (nSPS) is 15.3. The van der Waals surface area contributed by atoms with E-state index in [1.165, 1.54) is 16.0 Å². The van der Waals surface area contributed by atoms with Crippen molar-refractivity contribution in [1.29, 1.82) is 0 Å². The van der Waals surface area contributed by atoms with Gasteiger partial charge in [0.25, 0.3) is 0 Å². The molecule has 1 aliphatic heterocycles. The lowest BCUT2D eigenvalue weighted by atomic mass is 10.00. The highest BCUT2D eigenvalue weighted by Crippen LogP contribution is 2.38.